The molecule has 1 aliphatic rings. The van der Waals surface area contributed by atoms with Crippen molar-refractivity contribution < 1.29 is 9.64 Å². The second kappa shape index (κ2) is 7.68. The number of unbranched alkanes of at least 4 members (excludes halogenated alkanes) is 1. The number of rotatable bonds is 6. The molecule has 0 radical (unpaired) electrons. The van der Waals surface area contributed by atoms with Gasteiger partial charge in [0, 0.05) is 0 Å². The molecule has 2 nitrogen and oxygen atoms in total. The highest BCUT2D eigenvalue weighted by Crippen LogP contribution is 2.25. The fraction of sp³-hybridized carbons (Fsp3) is 0.667. The van der Waals surface area contributed by atoms with Gasteiger partial charge in [0.05, 0.1) is 26.2 Å². The number of aryl methyl sites for hydroxylation is 2. The number of nitrogens with one attached hydrogen (secondary N) is 1. The summed E-state index contributed by atoms with van der Waals surface area (Å²) >= 11 is 0. The smallest absolute Gasteiger partial charge is 0.125 e. The van der Waals surface area contributed by atoms with Gasteiger partial charge in [-0.15, -0.1) is 0 Å². The molecule has 0 atom stereocenters. The monoisotopic (exact) mass is 276 g/mol. The number of likely N-dealkylation sites (tertiary alicyclic amines) is 1. The van der Waals surface area contributed by atoms with E-state index in [9.17, 15) is 0 Å². The Morgan fingerprint density at radius 2 is 1.65 bits per heavy atom. The average molecular weight is 276 g/mol. The quantitative estimate of drug-likeness (QED) is 0.789. The molecule has 2 heteroatoms. The molecule has 0 bridgehead atoms. The molecule has 0 aromatic heterocycles. The summed E-state index contributed by atoms with van der Waals surface area (Å²) in [5, 5.41) is 0. The summed E-state index contributed by atoms with van der Waals surface area (Å²) in [5.74, 6) is 1.11. The third kappa shape index (κ3) is 4.24. The van der Waals surface area contributed by atoms with Crippen LogP contribution >= 0.6 is 0 Å². The molecule has 1 fully saturated rings. The highest BCUT2D eigenvalue weighted by molar-refractivity contribution is 5.44. The molecular weight excluding hydrogens is 246 g/mol. The first-order valence-electron chi connectivity index (χ1n) is 8.21. The summed E-state index contributed by atoms with van der Waals surface area (Å²) in [6, 6.07) is 4.34. The van der Waals surface area contributed by atoms with Gasteiger partial charge >= 0.3 is 0 Å². The number of hydrogen-bond donors (Lipinski definition) is 1. The first-order valence-corrected chi connectivity index (χ1v) is 8.21. The van der Waals surface area contributed by atoms with Crippen LogP contribution in [-0.2, 0) is 0 Å². The van der Waals surface area contributed by atoms with Crippen LogP contribution in [0.3, 0.4) is 0 Å². The van der Waals surface area contributed by atoms with Crippen molar-refractivity contribution >= 4 is 0 Å². The van der Waals surface area contributed by atoms with E-state index in [2.05, 4.69) is 32.9 Å². The minimum absolute atomic E-state index is 0.860. The molecule has 1 aromatic rings. The Morgan fingerprint density at radius 3 is 2.40 bits per heavy atom. The molecule has 1 aliphatic heterocycles. The number of hydrogen-bond acceptors (Lipinski definition) is 1. The van der Waals surface area contributed by atoms with E-state index < -0.39 is 0 Å². The van der Waals surface area contributed by atoms with Crippen LogP contribution in [0.1, 0.15) is 48.8 Å². The molecular formula is C18H30NO+. The van der Waals surface area contributed by atoms with Gasteiger partial charge in [0.2, 0.25) is 0 Å². The van der Waals surface area contributed by atoms with E-state index in [0.29, 0.717) is 0 Å². The average Bonchev–Trinajstić information content (AvgIpc) is 2.47. The van der Waals surface area contributed by atoms with Gasteiger partial charge in [0.1, 0.15) is 5.75 Å². The van der Waals surface area contributed by atoms with Crippen LogP contribution in [0.15, 0.2) is 12.1 Å². The van der Waals surface area contributed by atoms with E-state index in [1.165, 1.54) is 68.4 Å². The van der Waals surface area contributed by atoms with E-state index in [1.807, 2.05) is 0 Å². The first-order chi connectivity index (χ1) is 9.68. The molecule has 0 aliphatic carbocycles. The van der Waals surface area contributed by atoms with E-state index in [4.69, 9.17) is 4.74 Å². The topological polar surface area (TPSA) is 13.7 Å². The standard InChI is InChI=1S/C18H29NO/c1-15-9-10-16(2)18(17(15)3)20-14-8-7-13-19-11-5-4-6-12-19/h9-10H,4-8,11-14H2,1-3H3/p+1. The number of quaternary nitrogens is 1. The van der Waals surface area contributed by atoms with Crippen molar-refractivity contribution in [2.75, 3.05) is 26.2 Å². The molecule has 2 rings (SSSR count). The summed E-state index contributed by atoms with van der Waals surface area (Å²) in [7, 11) is 0. The highest BCUT2D eigenvalue weighted by Gasteiger charge is 2.12. The van der Waals surface area contributed by atoms with Gasteiger partial charge in [-0.1, -0.05) is 12.1 Å². The van der Waals surface area contributed by atoms with Crippen molar-refractivity contribution in [3.05, 3.63) is 28.8 Å². The minimum Gasteiger partial charge on any atom is -0.493 e. The predicted octanol–water partition coefficient (Wildman–Crippen LogP) is 2.84. The van der Waals surface area contributed by atoms with Crippen LogP contribution in [0.25, 0.3) is 0 Å². The minimum atomic E-state index is 0.860. The molecule has 0 spiro atoms. The van der Waals surface area contributed by atoms with E-state index >= 15 is 0 Å². The molecule has 1 saturated heterocycles. The molecule has 20 heavy (non-hydrogen) atoms. The van der Waals surface area contributed by atoms with Gasteiger partial charge < -0.3 is 9.64 Å². The summed E-state index contributed by atoms with van der Waals surface area (Å²) in [6.07, 6.45) is 6.76. The van der Waals surface area contributed by atoms with Gasteiger partial charge in [-0.05, 0) is 69.6 Å². The third-order valence-corrected chi connectivity index (χ3v) is 4.61. The fourth-order valence-corrected chi connectivity index (χ4v) is 3.10. The van der Waals surface area contributed by atoms with Crippen molar-refractivity contribution in [2.24, 2.45) is 0 Å². The van der Waals surface area contributed by atoms with Gasteiger partial charge in [-0.25, -0.2) is 0 Å². The van der Waals surface area contributed by atoms with Gasteiger partial charge in [0.15, 0.2) is 0 Å². The van der Waals surface area contributed by atoms with Crippen molar-refractivity contribution in [2.45, 2.75) is 52.9 Å². The van der Waals surface area contributed by atoms with Crippen molar-refractivity contribution in [1.82, 2.24) is 0 Å². The number of benzene rings is 1. The Labute approximate surface area is 124 Å². The lowest BCUT2D eigenvalue weighted by Crippen LogP contribution is -3.12. The third-order valence-electron chi connectivity index (χ3n) is 4.61. The van der Waals surface area contributed by atoms with Gasteiger partial charge in [-0.3, -0.25) is 0 Å². The number of piperidine rings is 1. The predicted molar refractivity (Wildman–Crippen MR) is 84.8 cm³/mol. The van der Waals surface area contributed by atoms with Crippen LogP contribution in [-0.4, -0.2) is 26.2 Å². The molecule has 0 amide bonds. The maximum absolute atomic E-state index is 6.03. The van der Waals surface area contributed by atoms with Crippen LogP contribution in [0.5, 0.6) is 5.75 Å². The molecule has 0 unspecified atom stereocenters. The van der Waals surface area contributed by atoms with Gasteiger partial charge in [-0.2, -0.15) is 0 Å². The lowest BCUT2D eigenvalue weighted by Gasteiger charge is -2.23. The Kier molecular flexibility index (Phi) is 5.90. The maximum atomic E-state index is 6.03. The number of ether oxygens (including phenoxy) is 1. The Bertz CT molecular complexity index is 422. The largest absolute Gasteiger partial charge is 0.493 e. The zero-order chi connectivity index (χ0) is 14.4. The van der Waals surface area contributed by atoms with Gasteiger partial charge in [0.25, 0.3) is 0 Å². The van der Waals surface area contributed by atoms with Crippen LogP contribution in [0.2, 0.25) is 0 Å². The first kappa shape index (κ1) is 15.4. The van der Waals surface area contributed by atoms with Crippen LogP contribution in [0, 0.1) is 20.8 Å². The lowest BCUT2D eigenvalue weighted by molar-refractivity contribution is -0.905. The van der Waals surface area contributed by atoms with E-state index in [-0.39, 0.29) is 0 Å². The molecule has 1 N–H and O–H groups in total. The second-order valence-electron chi connectivity index (χ2n) is 6.27. The van der Waals surface area contributed by atoms with Crippen LogP contribution in [0.4, 0.5) is 0 Å². The van der Waals surface area contributed by atoms with E-state index in [0.717, 1.165) is 12.4 Å². The summed E-state index contributed by atoms with van der Waals surface area (Å²) in [4.78, 5) is 1.80. The zero-order valence-corrected chi connectivity index (χ0v) is 13.4. The lowest BCUT2D eigenvalue weighted by atomic mass is 10.1. The van der Waals surface area contributed by atoms with Crippen molar-refractivity contribution in [3.63, 3.8) is 0 Å². The van der Waals surface area contributed by atoms with E-state index in [1.54, 1.807) is 4.90 Å². The summed E-state index contributed by atoms with van der Waals surface area (Å²) in [6.45, 7) is 11.4. The Hall–Kier alpha value is -1.02. The molecule has 112 valence electrons. The van der Waals surface area contributed by atoms with Crippen molar-refractivity contribution in [1.29, 1.82) is 0 Å². The van der Waals surface area contributed by atoms with Crippen LogP contribution < -0.4 is 9.64 Å². The Morgan fingerprint density at radius 1 is 0.950 bits per heavy atom. The fourth-order valence-electron chi connectivity index (χ4n) is 3.10. The van der Waals surface area contributed by atoms with Crippen molar-refractivity contribution in [3.8, 4) is 5.75 Å². The molecule has 0 saturated carbocycles. The molecule has 1 heterocycles. The normalized spacial score (nSPS) is 16.4. The Balaban J connectivity index is 1.69. The second-order valence-corrected chi connectivity index (χ2v) is 6.27. The SMILES string of the molecule is Cc1ccc(C)c(OCCCC[NH+]2CCCCC2)c1C. The summed E-state index contributed by atoms with van der Waals surface area (Å²) in [5.41, 5.74) is 3.88. The maximum Gasteiger partial charge on any atom is 0.125 e. The highest BCUT2D eigenvalue weighted by atomic mass is 16.5. The zero-order valence-electron chi connectivity index (χ0n) is 13.4. The molecule has 1 aromatic carbocycles. The summed E-state index contributed by atoms with van der Waals surface area (Å²) < 4.78 is 6.03.